The minimum Gasteiger partial charge on any atom is -0.312 e. The normalized spacial score (nSPS) is 18.6. The summed E-state index contributed by atoms with van der Waals surface area (Å²) in [5.74, 6) is 0. The quantitative estimate of drug-likeness (QED) is 0.826. The lowest BCUT2D eigenvalue weighted by molar-refractivity contribution is 0.236. The third-order valence-electron chi connectivity index (χ3n) is 4.03. The maximum atomic E-state index is 3.66. The summed E-state index contributed by atoms with van der Waals surface area (Å²) in [6.45, 7) is 5.66. The Labute approximate surface area is 125 Å². The number of likely N-dealkylation sites (N-methyl/N-ethyl adjacent to an activating group) is 1. The van der Waals surface area contributed by atoms with E-state index in [1.807, 2.05) is 0 Å². The Balaban J connectivity index is 1.71. The van der Waals surface area contributed by atoms with Gasteiger partial charge in [0.25, 0.3) is 0 Å². The molecule has 1 aliphatic rings. The molecule has 2 rings (SSSR count). The summed E-state index contributed by atoms with van der Waals surface area (Å²) in [5.41, 5.74) is 1.39. The first-order valence-electron chi connectivity index (χ1n) is 7.26. The van der Waals surface area contributed by atoms with E-state index in [9.17, 15) is 0 Å². The highest BCUT2D eigenvalue weighted by Crippen LogP contribution is 2.26. The number of nitrogens with zero attached hydrogens (tertiary/aromatic N) is 1. The van der Waals surface area contributed by atoms with Crippen LogP contribution in [-0.2, 0) is 6.42 Å². The maximum Gasteiger partial charge on any atom is 0.0192 e. The number of nitrogens with one attached hydrogen (secondary N) is 1. The van der Waals surface area contributed by atoms with Crippen LogP contribution in [0.25, 0.3) is 0 Å². The molecule has 106 valence electrons. The van der Waals surface area contributed by atoms with Gasteiger partial charge in [0.2, 0.25) is 0 Å². The molecule has 3 heteroatoms. The third kappa shape index (κ3) is 4.90. The van der Waals surface area contributed by atoms with Crippen LogP contribution in [-0.4, -0.2) is 36.6 Å². The molecule has 1 aromatic rings. The fourth-order valence-corrected chi connectivity index (χ4v) is 2.67. The summed E-state index contributed by atoms with van der Waals surface area (Å²) >= 11 is 3.48. The van der Waals surface area contributed by atoms with Crippen LogP contribution in [0.2, 0.25) is 0 Å². The highest BCUT2D eigenvalue weighted by atomic mass is 79.9. The van der Waals surface area contributed by atoms with Gasteiger partial charge in [-0.15, -0.1) is 0 Å². The van der Waals surface area contributed by atoms with Gasteiger partial charge < -0.3 is 5.32 Å². The molecule has 0 aromatic heterocycles. The topological polar surface area (TPSA) is 15.3 Å². The molecule has 0 heterocycles. The van der Waals surface area contributed by atoms with Crippen molar-refractivity contribution in [3.05, 3.63) is 34.3 Å². The Hall–Kier alpha value is -0.380. The maximum absolute atomic E-state index is 3.66. The molecule has 0 spiro atoms. The summed E-state index contributed by atoms with van der Waals surface area (Å²) in [4.78, 5) is 2.51. The van der Waals surface area contributed by atoms with E-state index < -0.39 is 0 Å². The van der Waals surface area contributed by atoms with Crippen molar-refractivity contribution in [1.82, 2.24) is 10.2 Å². The van der Waals surface area contributed by atoms with Gasteiger partial charge in [-0.3, -0.25) is 4.90 Å². The fraction of sp³-hybridized carbons (Fsp3) is 0.625. The molecular formula is C16H25BrN2. The predicted octanol–water partition coefficient (Wildman–Crippen LogP) is 3.45. The highest BCUT2D eigenvalue weighted by molar-refractivity contribution is 9.10. The summed E-state index contributed by atoms with van der Waals surface area (Å²) in [6, 6.07) is 10.6. The smallest absolute Gasteiger partial charge is 0.0192 e. The Morgan fingerprint density at radius 3 is 2.47 bits per heavy atom. The van der Waals surface area contributed by atoms with Crippen LogP contribution >= 0.6 is 15.9 Å². The van der Waals surface area contributed by atoms with Gasteiger partial charge in [-0.2, -0.15) is 0 Å². The zero-order valence-corrected chi connectivity index (χ0v) is 13.8. The Morgan fingerprint density at radius 2 is 1.89 bits per heavy atom. The molecule has 0 aliphatic heterocycles. The second-order valence-electron chi connectivity index (χ2n) is 5.89. The largest absolute Gasteiger partial charge is 0.312 e. The molecule has 0 bridgehead atoms. The van der Waals surface area contributed by atoms with Crippen LogP contribution in [0, 0.1) is 0 Å². The molecule has 2 nitrogen and oxygen atoms in total. The molecule has 19 heavy (non-hydrogen) atoms. The van der Waals surface area contributed by atoms with E-state index in [-0.39, 0.29) is 0 Å². The molecule has 1 aromatic carbocycles. The third-order valence-corrected chi connectivity index (χ3v) is 4.56. The van der Waals surface area contributed by atoms with E-state index in [2.05, 4.69) is 71.3 Å². The van der Waals surface area contributed by atoms with E-state index >= 15 is 0 Å². The number of hydrogen-bond donors (Lipinski definition) is 1. The fourth-order valence-electron chi connectivity index (χ4n) is 2.40. The van der Waals surface area contributed by atoms with Crippen molar-refractivity contribution < 1.29 is 0 Å². The van der Waals surface area contributed by atoms with Crippen molar-refractivity contribution in [2.24, 2.45) is 0 Å². The first-order chi connectivity index (χ1) is 9.06. The van der Waals surface area contributed by atoms with Crippen LogP contribution in [0.3, 0.4) is 0 Å². The molecule has 1 aliphatic carbocycles. The molecule has 2 atom stereocenters. The number of halogens is 1. The molecule has 1 fully saturated rings. The lowest BCUT2D eigenvalue weighted by Crippen LogP contribution is -2.42. The van der Waals surface area contributed by atoms with E-state index in [1.165, 1.54) is 18.4 Å². The summed E-state index contributed by atoms with van der Waals surface area (Å²) in [7, 11) is 2.25. The van der Waals surface area contributed by atoms with Crippen molar-refractivity contribution in [2.45, 2.75) is 51.2 Å². The van der Waals surface area contributed by atoms with Gasteiger partial charge in [-0.25, -0.2) is 0 Å². The zero-order chi connectivity index (χ0) is 13.8. The van der Waals surface area contributed by atoms with Crippen molar-refractivity contribution in [2.75, 3.05) is 13.6 Å². The van der Waals surface area contributed by atoms with Gasteiger partial charge in [0.1, 0.15) is 0 Å². The van der Waals surface area contributed by atoms with Crippen LogP contribution < -0.4 is 5.32 Å². The van der Waals surface area contributed by atoms with Crippen molar-refractivity contribution in [3.63, 3.8) is 0 Å². The SMILES string of the molecule is CC(Cc1ccc(Br)cc1)NCC(C)N(C)C1CC1. The van der Waals surface area contributed by atoms with Crippen LogP contribution in [0.1, 0.15) is 32.3 Å². The van der Waals surface area contributed by atoms with Crippen LogP contribution in [0.5, 0.6) is 0 Å². The minimum atomic E-state index is 0.524. The monoisotopic (exact) mass is 324 g/mol. The van der Waals surface area contributed by atoms with Gasteiger partial charge in [-0.05, 0) is 57.9 Å². The van der Waals surface area contributed by atoms with Crippen LogP contribution in [0.4, 0.5) is 0 Å². The molecule has 0 amide bonds. The van der Waals surface area contributed by atoms with Gasteiger partial charge in [-0.1, -0.05) is 28.1 Å². The van der Waals surface area contributed by atoms with Crippen molar-refractivity contribution in [3.8, 4) is 0 Å². The second-order valence-corrected chi connectivity index (χ2v) is 6.80. The molecule has 2 unspecified atom stereocenters. The first kappa shape index (κ1) is 15.0. The lowest BCUT2D eigenvalue weighted by atomic mass is 10.1. The molecule has 1 saturated carbocycles. The molecule has 0 saturated heterocycles. The predicted molar refractivity (Wildman–Crippen MR) is 85.6 cm³/mol. The summed E-state index contributed by atoms with van der Waals surface area (Å²) in [6.07, 6.45) is 3.86. The van der Waals surface area contributed by atoms with E-state index in [4.69, 9.17) is 0 Å². The van der Waals surface area contributed by atoms with Gasteiger partial charge in [0.15, 0.2) is 0 Å². The molecule has 0 radical (unpaired) electrons. The Kier molecular flexibility index (Phi) is 5.43. The average molecular weight is 325 g/mol. The first-order valence-corrected chi connectivity index (χ1v) is 8.05. The molecular weight excluding hydrogens is 300 g/mol. The molecule has 1 N–H and O–H groups in total. The highest BCUT2D eigenvalue weighted by Gasteiger charge is 2.28. The van der Waals surface area contributed by atoms with Crippen molar-refractivity contribution in [1.29, 1.82) is 0 Å². The number of benzene rings is 1. The van der Waals surface area contributed by atoms with E-state index in [1.54, 1.807) is 0 Å². The van der Waals surface area contributed by atoms with E-state index in [0.717, 1.165) is 23.5 Å². The second kappa shape index (κ2) is 6.87. The Bertz CT molecular complexity index is 386. The number of hydrogen-bond acceptors (Lipinski definition) is 2. The lowest BCUT2D eigenvalue weighted by Gasteiger charge is -2.26. The van der Waals surface area contributed by atoms with Gasteiger partial charge >= 0.3 is 0 Å². The standard InChI is InChI=1S/C16H25BrN2/c1-12(10-14-4-6-15(17)7-5-14)18-11-13(2)19(3)16-8-9-16/h4-7,12-13,16,18H,8-11H2,1-3H3. The van der Waals surface area contributed by atoms with Crippen LogP contribution in [0.15, 0.2) is 28.7 Å². The average Bonchev–Trinajstić information content (AvgIpc) is 3.22. The number of rotatable bonds is 7. The minimum absolute atomic E-state index is 0.524. The zero-order valence-electron chi connectivity index (χ0n) is 12.2. The van der Waals surface area contributed by atoms with Gasteiger partial charge in [0, 0.05) is 29.1 Å². The summed E-state index contributed by atoms with van der Waals surface area (Å²) < 4.78 is 1.15. The summed E-state index contributed by atoms with van der Waals surface area (Å²) in [5, 5.41) is 3.66. The van der Waals surface area contributed by atoms with Crippen molar-refractivity contribution >= 4 is 15.9 Å². The van der Waals surface area contributed by atoms with E-state index in [0.29, 0.717) is 12.1 Å². The Morgan fingerprint density at radius 1 is 1.26 bits per heavy atom. The van der Waals surface area contributed by atoms with Gasteiger partial charge in [0.05, 0.1) is 0 Å².